The number of carbonyl (C=O) groups is 1. The largest absolute Gasteiger partial charge is 0.469 e. The first kappa shape index (κ1) is 12.2. The number of carbonyl (C=O) groups excluding carboxylic acids is 1. The van der Waals surface area contributed by atoms with E-state index < -0.39 is 0 Å². The van der Waals surface area contributed by atoms with E-state index in [4.69, 9.17) is 4.74 Å². The van der Waals surface area contributed by atoms with Gasteiger partial charge in [-0.3, -0.25) is 4.79 Å². The lowest BCUT2D eigenvalue weighted by Crippen LogP contribution is -2.13. The second kappa shape index (κ2) is 7.84. The lowest BCUT2D eigenvalue weighted by atomic mass is 10.0. The van der Waals surface area contributed by atoms with E-state index in [1.807, 2.05) is 12.2 Å². The van der Waals surface area contributed by atoms with Crippen LogP contribution >= 0.6 is 0 Å². The van der Waals surface area contributed by atoms with Gasteiger partial charge < -0.3 is 4.74 Å². The van der Waals surface area contributed by atoms with E-state index in [-0.39, 0.29) is 11.9 Å². The number of unbranched alkanes of at least 4 members (excludes halogenated alkanes) is 1. The van der Waals surface area contributed by atoms with Crippen LogP contribution in [-0.4, -0.2) is 13.1 Å². The highest BCUT2D eigenvalue weighted by Gasteiger charge is 2.14. The molecule has 0 aromatic carbocycles. The number of rotatable bonds is 6. The van der Waals surface area contributed by atoms with Crippen molar-refractivity contribution in [3.63, 3.8) is 0 Å². The van der Waals surface area contributed by atoms with Crippen molar-refractivity contribution < 1.29 is 9.53 Å². The number of hydrogen-bond donors (Lipinski definition) is 0. The molecule has 0 rings (SSSR count). The number of methoxy groups -OCH3 is 1. The van der Waals surface area contributed by atoms with Gasteiger partial charge in [-0.1, -0.05) is 38.8 Å². The van der Waals surface area contributed by atoms with Crippen molar-refractivity contribution >= 4 is 5.97 Å². The summed E-state index contributed by atoms with van der Waals surface area (Å²) in [5, 5.41) is 0. The fraction of sp³-hybridized carbons (Fsp3) is 0.727. The van der Waals surface area contributed by atoms with E-state index in [0.29, 0.717) is 0 Å². The van der Waals surface area contributed by atoms with Crippen LogP contribution in [0.2, 0.25) is 0 Å². The zero-order chi connectivity index (χ0) is 10.1. The van der Waals surface area contributed by atoms with E-state index >= 15 is 0 Å². The molecule has 0 heterocycles. The molecule has 0 N–H and O–H groups in total. The molecule has 0 aliphatic rings. The second-order valence-electron chi connectivity index (χ2n) is 3.11. The van der Waals surface area contributed by atoms with Crippen LogP contribution in [0, 0.1) is 5.92 Å². The molecule has 2 nitrogen and oxygen atoms in total. The highest BCUT2D eigenvalue weighted by atomic mass is 16.5. The minimum Gasteiger partial charge on any atom is -0.469 e. The molecule has 0 aliphatic carbocycles. The molecule has 0 aromatic heterocycles. The van der Waals surface area contributed by atoms with Crippen molar-refractivity contribution in [3.05, 3.63) is 12.2 Å². The molecule has 76 valence electrons. The Balaban J connectivity index is 4.02. The van der Waals surface area contributed by atoms with Crippen molar-refractivity contribution in [2.75, 3.05) is 7.11 Å². The lowest BCUT2D eigenvalue weighted by molar-refractivity contribution is -0.143. The number of allylic oxidation sites excluding steroid dienone is 1. The van der Waals surface area contributed by atoms with Crippen molar-refractivity contribution in [1.82, 2.24) is 0 Å². The summed E-state index contributed by atoms with van der Waals surface area (Å²) in [6.45, 7) is 4.18. The topological polar surface area (TPSA) is 26.3 Å². The van der Waals surface area contributed by atoms with Crippen molar-refractivity contribution in [2.45, 2.75) is 39.5 Å². The number of esters is 1. The van der Waals surface area contributed by atoms with Crippen LogP contribution in [0.1, 0.15) is 39.5 Å². The molecule has 0 saturated carbocycles. The molecule has 0 radical (unpaired) electrons. The van der Waals surface area contributed by atoms with Crippen LogP contribution in [-0.2, 0) is 9.53 Å². The molecule has 0 fully saturated rings. The average molecular weight is 184 g/mol. The highest BCUT2D eigenvalue weighted by Crippen LogP contribution is 2.12. The molecule has 0 saturated heterocycles. The van der Waals surface area contributed by atoms with Crippen LogP contribution in [0.3, 0.4) is 0 Å². The molecule has 1 atom stereocenters. The molecule has 0 aliphatic heterocycles. The van der Waals surface area contributed by atoms with Crippen LogP contribution in [0.5, 0.6) is 0 Å². The van der Waals surface area contributed by atoms with Crippen molar-refractivity contribution in [3.8, 4) is 0 Å². The maximum absolute atomic E-state index is 11.3. The summed E-state index contributed by atoms with van der Waals surface area (Å²) in [5.74, 6) is -0.150. The molecule has 0 aromatic rings. The summed E-state index contributed by atoms with van der Waals surface area (Å²) in [6.07, 6.45) is 8.05. The van der Waals surface area contributed by atoms with E-state index in [9.17, 15) is 4.79 Å². The molecule has 13 heavy (non-hydrogen) atoms. The van der Waals surface area contributed by atoms with Crippen LogP contribution < -0.4 is 0 Å². The Morgan fingerprint density at radius 1 is 1.46 bits per heavy atom. The van der Waals surface area contributed by atoms with Gasteiger partial charge >= 0.3 is 5.97 Å². The monoisotopic (exact) mass is 184 g/mol. The minimum atomic E-state index is -0.113. The Morgan fingerprint density at radius 3 is 2.62 bits per heavy atom. The molecule has 0 spiro atoms. The predicted molar refractivity (Wildman–Crippen MR) is 54.5 cm³/mol. The van der Waals surface area contributed by atoms with Gasteiger partial charge in [0.25, 0.3) is 0 Å². The van der Waals surface area contributed by atoms with Gasteiger partial charge in [-0.15, -0.1) is 0 Å². The highest BCUT2D eigenvalue weighted by molar-refractivity contribution is 5.74. The summed E-state index contributed by atoms with van der Waals surface area (Å²) < 4.78 is 4.72. The van der Waals surface area contributed by atoms with E-state index in [1.165, 1.54) is 7.11 Å². The van der Waals surface area contributed by atoms with Crippen molar-refractivity contribution in [2.24, 2.45) is 5.92 Å². The Morgan fingerprint density at radius 2 is 2.15 bits per heavy atom. The quantitative estimate of drug-likeness (QED) is 0.468. The summed E-state index contributed by atoms with van der Waals surface area (Å²) in [7, 11) is 1.45. The first-order chi connectivity index (χ1) is 6.26. The fourth-order valence-corrected chi connectivity index (χ4v) is 1.17. The Kier molecular flexibility index (Phi) is 7.36. The average Bonchev–Trinajstić information content (AvgIpc) is 2.17. The van der Waals surface area contributed by atoms with E-state index in [1.54, 1.807) is 0 Å². The van der Waals surface area contributed by atoms with Gasteiger partial charge in [0.2, 0.25) is 0 Å². The van der Waals surface area contributed by atoms with Crippen LogP contribution in [0.25, 0.3) is 0 Å². The van der Waals surface area contributed by atoms with Crippen molar-refractivity contribution in [1.29, 1.82) is 0 Å². The number of ether oxygens (including phenoxy) is 1. The summed E-state index contributed by atoms with van der Waals surface area (Å²) >= 11 is 0. The summed E-state index contributed by atoms with van der Waals surface area (Å²) in [5.41, 5.74) is 0. The molecule has 1 unspecified atom stereocenters. The molecule has 0 amide bonds. The van der Waals surface area contributed by atoms with E-state index in [2.05, 4.69) is 13.8 Å². The predicted octanol–water partition coefficient (Wildman–Crippen LogP) is 2.93. The molecule has 0 bridgehead atoms. The second-order valence-corrected chi connectivity index (χ2v) is 3.11. The molecular weight excluding hydrogens is 164 g/mol. The summed E-state index contributed by atoms with van der Waals surface area (Å²) in [6, 6.07) is 0. The normalized spacial score (nSPS) is 13.2. The van der Waals surface area contributed by atoms with Gasteiger partial charge in [-0.05, 0) is 12.8 Å². The van der Waals surface area contributed by atoms with Gasteiger partial charge in [0.1, 0.15) is 0 Å². The van der Waals surface area contributed by atoms with Gasteiger partial charge in [-0.25, -0.2) is 0 Å². The zero-order valence-corrected chi connectivity index (χ0v) is 8.88. The SMILES string of the molecule is CCC=CC(CCCC)C(=O)OC. The molecular formula is C11H20O2. The van der Waals surface area contributed by atoms with Gasteiger partial charge in [0, 0.05) is 0 Å². The lowest BCUT2D eigenvalue weighted by Gasteiger charge is -2.08. The third kappa shape index (κ3) is 5.45. The van der Waals surface area contributed by atoms with Gasteiger partial charge in [0.15, 0.2) is 0 Å². The van der Waals surface area contributed by atoms with Crippen LogP contribution in [0.4, 0.5) is 0 Å². The third-order valence-corrected chi connectivity index (χ3v) is 1.98. The smallest absolute Gasteiger partial charge is 0.312 e. The maximum Gasteiger partial charge on any atom is 0.312 e. The first-order valence-electron chi connectivity index (χ1n) is 5.00. The Bertz CT molecular complexity index is 161. The maximum atomic E-state index is 11.3. The third-order valence-electron chi connectivity index (χ3n) is 1.98. The first-order valence-corrected chi connectivity index (χ1v) is 5.00. The number of hydrogen-bond acceptors (Lipinski definition) is 2. The van der Waals surface area contributed by atoms with Gasteiger partial charge in [-0.2, -0.15) is 0 Å². The Labute approximate surface area is 81.0 Å². The van der Waals surface area contributed by atoms with E-state index in [0.717, 1.165) is 25.7 Å². The van der Waals surface area contributed by atoms with Crippen LogP contribution in [0.15, 0.2) is 12.2 Å². The minimum absolute atomic E-state index is 0.0371. The Hall–Kier alpha value is -0.790. The van der Waals surface area contributed by atoms with Gasteiger partial charge in [0.05, 0.1) is 13.0 Å². The fourth-order valence-electron chi connectivity index (χ4n) is 1.17. The zero-order valence-electron chi connectivity index (χ0n) is 8.88. The summed E-state index contributed by atoms with van der Waals surface area (Å²) in [4.78, 5) is 11.3. The standard InChI is InChI=1S/C11H20O2/c1-4-6-8-10(9-7-5-2)11(12)13-3/h6,8,10H,4-5,7,9H2,1-3H3. The molecule has 2 heteroatoms.